The van der Waals surface area contributed by atoms with Gasteiger partial charge in [0.15, 0.2) is 0 Å². The molecule has 0 aromatic carbocycles. The first-order valence-corrected chi connectivity index (χ1v) is 4.22. The first-order chi connectivity index (χ1) is 6.51. The van der Waals surface area contributed by atoms with Crippen molar-refractivity contribution in [3.8, 4) is 0 Å². The van der Waals surface area contributed by atoms with E-state index in [1.165, 1.54) is 0 Å². The van der Waals surface area contributed by atoms with Crippen LogP contribution in [0.4, 0.5) is 0 Å². The summed E-state index contributed by atoms with van der Waals surface area (Å²) in [6, 6.07) is -1.25. The number of carbonyl (C=O) groups is 3. The van der Waals surface area contributed by atoms with Crippen molar-refractivity contribution in [1.29, 1.82) is 0 Å². The summed E-state index contributed by atoms with van der Waals surface area (Å²) in [4.78, 5) is 32.2. The summed E-state index contributed by atoms with van der Waals surface area (Å²) in [5.41, 5.74) is 4.89. The molecule has 0 spiro atoms. The Morgan fingerprint density at radius 2 is 2.07 bits per heavy atom. The van der Waals surface area contributed by atoms with Gasteiger partial charge in [0.1, 0.15) is 6.29 Å². The summed E-state index contributed by atoms with van der Waals surface area (Å²) in [7, 11) is 1.62. The molecule has 0 radical (unpaired) electrons. The summed E-state index contributed by atoms with van der Waals surface area (Å²) in [5.74, 6) is -0.967. The Kier molecular flexibility index (Phi) is 5.47. The molecule has 4 N–H and O–H groups in total. The first kappa shape index (κ1) is 12.6. The normalized spacial score (nSPS) is 14.1. The third-order valence-electron chi connectivity index (χ3n) is 1.74. The van der Waals surface area contributed by atoms with Gasteiger partial charge in [-0.25, -0.2) is 0 Å². The van der Waals surface area contributed by atoms with Crippen LogP contribution in [0.1, 0.15) is 13.3 Å². The molecule has 6 nitrogen and oxygen atoms in total. The number of nitrogens with one attached hydrogen (secondary N) is 2. The highest BCUT2D eigenvalue weighted by Crippen LogP contribution is 1.89. The van der Waals surface area contributed by atoms with Gasteiger partial charge in [-0.3, -0.25) is 9.59 Å². The van der Waals surface area contributed by atoms with E-state index in [-0.39, 0.29) is 12.3 Å². The summed E-state index contributed by atoms with van der Waals surface area (Å²) >= 11 is 0. The van der Waals surface area contributed by atoms with Crippen molar-refractivity contribution in [3.05, 3.63) is 0 Å². The van der Waals surface area contributed by atoms with Crippen LogP contribution in [0.2, 0.25) is 0 Å². The SMILES string of the molecule is CN[C@@H](C)C(=O)N[C@H](C=O)CC(N)=O. The lowest BCUT2D eigenvalue weighted by Gasteiger charge is -2.14. The van der Waals surface area contributed by atoms with Gasteiger partial charge < -0.3 is 21.2 Å². The Morgan fingerprint density at radius 1 is 1.50 bits per heavy atom. The predicted molar refractivity (Wildman–Crippen MR) is 50.3 cm³/mol. The number of likely N-dealkylation sites (N-methyl/N-ethyl adjacent to an activating group) is 1. The number of primary amides is 1. The van der Waals surface area contributed by atoms with E-state index in [0.717, 1.165) is 0 Å². The minimum atomic E-state index is -0.837. The van der Waals surface area contributed by atoms with Gasteiger partial charge in [0.05, 0.1) is 18.5 Å². The van der Waals surface area contributed by atoms with Crippen LogP contribution in [-0.2, 0) is 14.4 Å². The molecule has 6 heteroatoms. The molecule has 0 rings (SSSR count). The van der Waals surface area contributed by atoms with Crippen LogP contribution < -0.4 is 16.4 Å². The number of carbonyl (C=O) groups excluding carboxylic acids is 3. The summed E-state index contributed by atoms with van der Waals surface area (Å²) in [6.45, 7) is 1.64. The molecule has 2 atom stereocenters. The molecule has 0 heterocycles. The van der Waals surface area contributed by atoms with Gasteiger partial charge >= 0.3 is 0 Å². The summed E-state index contributed by atoms with van der Waals surface area (Å²) < 4.78 is 0. The molecule has 0 saturated heterocycles. The van der Waals surface area contributed by atoms with Crippen LogP contribution in [0.15, 0.2) is 0 Å². The molecule has 0 fully saturated rings. The van der Waals surface area contributed by atoms with Crippen molar-refractivity contribution in [3.63, 3.8) is 0 Å². The number of hydrogen-bond donors (Lipinski definition) is 3. The molecular formula is C8H15N3O3. The van der Waals surface area contributed by atoms with Crippen LogP contribution in [0.3, 0.4) is 0 Å². The topological polar surface area (TPSA) is 101 Å². The molecule has 0 bridgehead atoms. The molecule has 0 unspecified atom stereocenters. The standard InChI is InChI=1S/C8H15N3O3/c1-5(10-2)8(14)11-6(4-12)3-7(9)13/h4-6,10H,3H2,1-2H3,(H2,9,13)(H,11,14)/t5-,6-/m0/s1. The molecule has 0 aromatic heterocycles. The Balaban J connectivity index is 4.11. The van der Waals surface area contributed by atoms with E-state index >= 15 is 0 Å². The van der Waals surface area contributed by atoms with E-state index < -0.39 is 18.0 Å². The second kappa shape index (κ2) is 6.09. The number of amides is 2. The van der Waals surface area contributed by atoms with Crippen molar-refractivity contribution in [1.82, 2.24) is 10.6 Å². The predicted octanol–water partition coefficient (Wildman–Crippen LogP) is -1.85. The van der Waals surface area contributed by atoms with Crippen molar-refractivity contribution in [2.45, 2.75) is 25.4 Å². The summed E-state index contributed by atoms with van der Waals surface area (Å²) in [5, 5.41) is 5.08. The largest absolute Gasteiger partial charge is 0.370 e. The zero-order chi connectivity index (χ0) is 11.1. The first-order valence-electron chi connectivity index (χ1n) is 4.22. The Morgan fingerprint density at radius 3 is 2.43 bits per heavy atom. The number of hydrogen-bond acceptors (Lipinski definition) is 4. The maximum absolute atomic E-state index is 11.2. The van der Waals surface area contributed by atoms with E-state index in [1.807, 2.05) is 0 Å². The zero-order valence-electron chi connectivity index (χ0n) is 8.24. The average molecular weight is 201 g/mol. The highest BCUT2D eigenvalue weighted by atomic mass is 16.2. The highest BCUT2D eigenvalue weighted by molar-refractivity contribution is 5.86. The second-order valence-corrected chi connectivity index (χ2v) is 2.93. The van der Waals surface area contributed by atoms with Crippen LogP contribution >= 0.6 is 0 Å². The minimum Gasteiger partial charge on any atom is -0.370 e. The molecule has 0 saturated carbocycles. The smallest absolute Gasteiger partial charge is 0.237 e. The Labute approximate surface area is 82.2 Å². The average Bonchev–Trinajstić information content (AvgIpc) is 2.14. The van der Waals surface area contributed by atoms with Gasteiger partial charge in [0, 0.05) is 0 Å². The van der Waals surface area contributed by atoms with Crippen molar-refractivity contribution in [2.24, 2.45) is 5.73 Å². The van der Waals surface area contributed by atoms with Crippen LogP contribution in [-0.4, -0.2) is 37.2 Å². The second-order valence-electron chi connectivity index (χ2n) is 2.93. The molecule has 80 valence electrons. The van der Waals surface area contributed by atoms with E-state index in [9.17, 15) is 14.4 Å². The quantitative estimate of drug-likeness (QED) is 0.439. The van der Waals surface area contributed by atoms with Crippen LogP contribution in [0.25, 0.3) is 0 Å². The van der Waals surface area contributed by atoms with Crippen molar-refractivity contribution >= 4 is 18.1 Å². The van der Waals surface area contributed by atoms with E-state index in [0.29, 0.717) is 6.29 Å². The van der Waals surface area contributed by atoms with Gasteiger partial charge in [-0.05, 0) is 14.0 Å². The lowest BCUT2D eigenvalue weighted by Crippen LogP contribution is -2.47. The number of rotatable bonds is 6. The molecule has 0 aromatic rings. The fourth-order valence-electron chi connectivity index (χ4n) is 0.789. The third kappa shape index (κ3) is 4.56. The molecular weight excluding hydrogens is 186 g/mol. The fraction of sp³-hybridized carbons (Fsp3) is 0.625. The zero-order valence-corrected chi connectivity index (χ0v) is 8.24. The lowest BCUT2D eigenvalue weighted by molar-refractivity contribution is -0.126. The summed E-state index contributed by atoms with van der Waals surface area (Å²) in [6.07, 6.45) is 0.316. The van der Waals surface area contributed by atoms with Gasteiger partial charge in [0.25, 0.3) is 0 Å². The molecule has 14 heavy (non-hydrogen) atoms. The molecule has 2 amide bonds. The lowest BCUT2D eigenvalue weighted by atomic mass is 10.2. The molecule has 0 aliphatic rings. The van der Waals surface area contributed by atoms with Crippen LogP contribution in [0, 0.1) is 0 Å². The maximum Gasteiger partial charge on any atom is 0.237 e. The van der Waals surface area contributed by atoms with Gasteiger partial charge in [-0.1, -0.05) is 0 Å². The Bertz CT molecular complexity index is 230. The van der Waals surface area contributed by atoms with Crippen molar-refractivity contribution < 1.29 is 14.4 Å². The molecule has 0 aliphatic carbocycles. The highest BCUT2D eigenvalue weighted by Gasteiger charge is 2.17. The third-order valence-corrected chi connectivity index (χ3v) is 1.74. The van der Waals surface area contributed by atoms with Gasteiger partial charge in [-0.15, -0.1) is 0 Å². The monoisotopic (exact) mass is 201 g/mol. The van der Waals surface area contributed by atoms with Gasteiger partial charge in [-0.2, -0.15) is 0 Å². The van der Waals surface area contributed by atoms with E-state index in [1.54, 1.807) is 14.0 Å². The van der Waals surface area contributed by atoms with E-state index in [2.05, 4.69) is 10.6 Å². The minimum absolute atomic E-state index is 0.175. The van der Waals surface area contributed by atoms with E-state index in [4.69, 9.17) is 5.73 Å². The van der Waals surface area contributed by atoms with Gasteiger partial charge in [0.2, 0.25) is 11.8 Å². The Hall–Kier alpha value is -1.43. The number of aldehydes is 1. The fourth-order valence-corrected chi connectivity index (χ4v) is 0.789. The maximum atomic E-state index is 11.2. The molecule has 0 aliphatic heterocycles. The number of nitrogens with two attached hydrogens (primary N) is 1. The van der Waals surface area contributed by atoms with Crippen molar-refractivity contribution in [2.75, 3.05) is 7.05 Å². The van der Waals surface area contributed by atoms with Crippen LogP contribution in [0.5, 0.6) is 0 Å².